The number of pyridine rings is 1. The number of nitro groups is 1. The zero-order valence-electron chi connectivity index (χ0n) is 26.8. The second-order valence-corrected chi connectivity index (χ2v) is 10.7. The molecule has 3 N–H and O–H groups in total. The van der Waals surface area contributed by atoms with Crippen LogP contribution < -0.4 is 16.2 Å². The Hall–Kier alpha value is -4.57. The van der Waals surface area contributed by atoms with E-state index >= 15 is 0 Å². The van der Waals surface area contributed by atoms with Crippen LogP contribution in [-0.4, -0.2) is 89.3 Å². The van der Waals surface area contributed by atoms with Gasteiger partial charge in [-0.25, -0.2) is 9.67 Å². The van der Waals surface area contributed by atoms with E-state index in [1.54, 1.807) is 15.4 Å². The smallest absolute Gasteiger partial charge is 0.287 e. The third-order valence-electron chi connectivity index (χ3n) is 7.75. The number of para-hydroxylation sites is 1. The first-order valence-corrected chi connectivity index (χ1v) is 15.5. The number of allylic oxidation sites excluding steroid dienone is 1. The van der Waals surface area contributed by atoms with Crippen LogP contribution in [0.5, 0.6) is 0 Å². The van der Waals surface area contributed by atoms with E-state index in [-0.39, 0.29) is 42.7 Å². The van der Waals surface area contributed by atoms with Crippen molar-refractivity contribution in [3.05, 3.63) is 92.2 Å². The minimum atomic E-state index is -0.836. The van der Waals surface area contributed by atoms with Gasteiger partial charge in [0.15, 0.2) is 5.76 Å². The fraction of sp³-hybridized carbons (Fsp3) is 0.469. The number of hydrogen-bond donors (Lipinski definition) is 3. The Bertz CT molecular complexity index is 1560. The number of nitrogens with zero attached hydrogens (tertiary/aromatic N) is 4. The number of aliphatic hydroxyl groups is 1. The summed E-state index contributed by atoms with van der Waals surface area (Å²) in [5.74, 6) is -0.927. The Labute approximate surface area is 272 Å². The van der Waals surface area contributed by atoms with E-state index in [0.717, 1.165) is 11.9 Å². The zero-order valence-corrected chi connectivity index (χ0v) is 26.8. The van der Waals surface area contributed by atoms with Gasteiger partial charge in [0, 0.05) is 62.5 Å². The van der Waals surface area contributed by atoms with Crippen molar-refractivity contribution in [3.8, 4) is 5.69 Å². The molecule has 47 heavy (non-hydrogen) atoms. The Morgan fingerprint density at radius 3 is 2.51 bits per heavy atom. The molecule has 0 saturated carbocycles. The molecule has 2 aromatic heterocycles. The molecule has 1 aliphatic heterocycles. The van der Waals surface area contributed by atoms with Gasteiger partial charge in [0.2, 0.25) is 6.29 Å². The van der Waals surface area contributed by atoms with Gasteiger partial charge in [-0.2, -0.15) is 0 Å². The average molecular weight is 655 g/mol. The molecular weight excluding hydrogens is 612 g/mol. The van der Waals surface area contributed by atoms with Gasteiger partial charge in [0.05, 0.1) is 37.0 Å². The highest BCUT2D eigenvalue weighted by Crippen LogP contribution is 2.39. The van der Waals surface area contributed by atoms with Crippen LogP contribution in [-0.2, 0) is 30.8 Å². The monoisotopic (exact) mass is 654 g/mol. The van der Waals surface area contributed by atoms with E-state index < -0.39 is 23.0 Å². The summed E-state index contributed by atoms with van der Waals surface area (Å²) in [4.78, 5) is 41.8. The number of hydrogen-bond acceptors (Lipinski definition) is 11. The van der Waals surface area contributed by atoms with Crippen molar-refractivity contribution in [2.75, 3.05) is 58.0 Å². The van der Waals surface area contributed by atoms with Crippen molar-refractivity contribution in [1.82, 2.24) is 19.7 Å². The van der Waals surface area contributed by atoms with Crippen molar-refractivity contribution in [2.45, 2.75) is 32.5 Å². The van der Waals surface area contributed by atoms with Gasteiger partial charge in [-0.1, -0.05) is 18.2 Å². The second kappa shape index (κ2) is 17.4. The fourth-order valence-corrected chi connectivity index (χ4v) is 5.40. The summed E-state index contributed by atoms with van der Waals surface area (Å²) in [6.45, 7) is 5.66. The predicted molar refractivity (Wildman–Crippen MR) is 172 cm³/mol. The molecule has 3 atom stereocenters. The van der Waals surface area contributed by atoms with E-state index in [0.29, 0.717) is 56.5 Å². The van der Waals surface area contributed by atoms with E-state index in [4.69, 9.17) is 24.1 Å². The molecule has 4 rings (SSSR count). The molecule has 0 saturated heterocycles. The number of aromatic nitrogens is 3. The Balaban J connectivity index is 1.56. The van der Waals surface area contributed by atoms with Crippen LogP contribution in [0.15, 0.2) is 65.3 Å². The minimum absolute atomic E-state index is 0.0328. The lowest BCUT2D eigenvalue weighted by Gasteiger charge is -2.36. The molecule has 0 fully saturated rings. The number of carbonyl (C=O) groups excluding carboxylic acids is 1. The number of amides is 1. The van der Waals surface area contributed by atoms with Gasteiger partial charge in [0.25, 0.3) is 17.2 Å². The summed E-state index contributed by atoms with van der Waals surface area (Å²) in [6.07, 6.45) is 2.46. The van der Waals surface area contributed by atoms with E-state index in [2.05, 4.69) is 15.6 Å². The van der Waals surface area contributed by atoms with E-state index in [9.17, 15) is 19.7 Å². The number of nitrogens with one attached hydrogen (secondary N) is 2. The molecule has 15 heteroatoms. The number of rotatable bonds is 18. The first-order chi connectivity index (χ1) is 22.8. The topological polar surface area (TPSA) is 181 Å². The molecule has 1 aromatic carbocycles. The third-order valence-corrected chi connectivity index (χ3v) is 7.75. The van der Waals surface area contributed by atoms with Crippen molar-refractivity contribution in [2.24, 2.45) is 13.0 Å². The first kappa shape index (κ1) is 35.3. The van der Waals surface area contributed by atoms with Gasteiger partial charge < -0.3 is 34.7 Å². The number of benzene rings is 1. The minimum Gasteiger partial charge on any atom is -0.459 e. The third kappa shape index (κ3) is 9.04. The summed E-state index contributed by atoms with van der Waals surface area (Å²) in [5, 5.41) is 25.6. The van der Waals surface area contributed by atoms with E-state index in [1.807, 2.05) is 51.2 Å². The normalized spacial score (nSPS) is 17.5. The molecule has 1 amide bonds. The standard InChI is InChI=1S/C32H42N6O9/c1-4-46-32-25(12-16-44-18-19-45-17-15-39)26(29-22(2)36(3)37(31(29)41)23-8-6-5-7-9-23)20-27(47-32)30(40)34-14-13-33-28-11-10-24(21-35-28)38(42)43/h5-11,20-21,25-26,32,39H,4,12-19H2,1-3H3,(H,33,35)(H,34,40)/t25-,26-,32+/m1/s1. The Morgan fingerprint density at radius 2 is 1.85 bits per heavy atom. The van der Waals surface area contributed by atoms with Gasteiger partial charge in [0.1, 0.15) is 12.0 Å². The predicted octanol–water partition coefficient (Wildman–Crippen LogP) is 2.41. The van der Waals surface area contributed by atoms with Gasteiger partial charge in [-0.05, 0) is 44.5 Å². The molecule has 1 aliphatic rings. The maximum absolute atomic E-state index is 14.1. The van der Waals surface area contributed by atoms with E-state index in [1.165, 1.54) is 12.1 Å². The lowest BCUT2D eigenvalue weighted by Crippen LogP contribution is -2.41. The van der Waals surface area contributed by atoms with Gasteiger partial charge >= 0.3 is 0 Å². The molecule has 15 nitrogen and oxygen atoms in total. The summed E-state index contributed by atoms with van der Waals surface area (Å²) in [5.41, 5.74) is 1.64. The molecule has 0 aliphatic carbocycles. The summed E-state index contributed by atoms with van der Waals surface area (Å²) >= 11 is 0. The van der Waals surface area contributed by atoms with Crippen LogP contribution in [0.25, 0.3) is 5.69 Å². The molecule has 0 radical (unpaired) electrons. The lowest BCUT2D eigenvalue weighted by molar-refractivity contribution is -0.385. The summed E-state index contributed by atoms with van der Waals surface area (Å²) in [7, 11) is 1.82. The molecule has 0 bridgehead atoms. The molecule has 0 spiro atoms. The lowest BCUT2D eigenvalue weighted by atomic mass is 9.81. The zero-order chi connectivity index (χ0) is 33.8. The molecule has 0 unspecified atom stereocenters. The van der Waals surface area contributed by atoms with Crippen molar-refractivity contribution >= 4 is 17.4 Å². The number of carbonyl (C=O) groups is 1. The Morgan fingerprint density at radius 1 is 1.11 bits per heavy atom. The van der Waals surface area contributed by atoms with Crippen molar-refractivity contribution < 1.29 is 33.8 Å². The van der Waals surface area contributed by atoms with Crippen molar-refractivity contribution in [3.63, 3.8) is 0 Å². The molecule has 3 aromatic rings. The second-order valence-electron chi connectivity index (χ2n) is 10.7. The first-order valence-electron chi connectivity index (χ1n) is 15.5. The summed E-state index contributed by atoms with van der Waals surface area (Å²) < 4.78 is 26.6. The van der Waals surface area contributed by atoms with Crippen LogP contribution in [0.4, 0.5) is 11.5 Å². The van der Waals surface area contributed by atoms with Crippen molar-refractivity contribution in [1.29, 1.82) is 0 Å². The highest BCUT2D eigenvalue weighted by atomic mass is 16.7. The van der Waals surface area contributed by atoms with Crippen LogP contribution in [0, 0.1) is 23.0 Å². The largest absolute Gasteiger partial charge is 0.459 e. The number of aliphatic hydroxyl groups excluding tert-OH is 1. The SMILES string of the molecule is CCO[C@H]1OC(C(=O)NCCNc2ccc([N+](=O)[O-])cn2)=C[C@@H](c2c(C)n(C)n(-c3ccccc3)c2=O)[C@H]1CCOCCOCCO. The molecule has 3 heterocycles. The maximum atomic E-state index is 14.1. The van der Waals surface area contributed by atoms with Crippen LogP contribution in [0.1, 0.15) is 30.5 Å². The molecule has 254 valence electrons. The molecular formula is C32H42N6O9. The number of anilines is 1. The van der Waals surface area contributed by atoms with Crippen LogP contribution in [0.2, 0.25) is 0 Å². The average Bonchev–Trinajstić information content (AvgIpc) is 3.30. The van der Waals surface area contributed by atoms with Crippen LogP contribution in [0.3, 0.4) is 0 Å². The summed E-state index contributed by atoms with van der Waals surface area (Å²) in [6, 6.07) is 12.2. The Kier molecular flexibility index (Phi) is 13.0. The van der Waals surface area contributed by atoms with Crippen LogP contribution >= 0.6 is 0 Å². The fourth-order valence-electron chi connectivity index (χ4n) is 5.40. The quantitative estimate of drug-likeness (QED) is 0.104. The highest BCUT2D eigenvalue weighted by Gasteiger charge is 2.41. The number of ether oxygens (including phenoxy) is 4. The maximum Gasteiger partial charge on any atom is 0.287 e. The van der Waals surface area contributed by atoms with Gasteiger partial charge in [-0.3, -0.25) is 24.4 Å². The van der Waals surface area contributed by atoms with Gasteiger partial charge in [-0.15, -0.1) is 0 Å². The highest BCUT2D eigenvalue weighted by molar-refractivity contribution is 5.91.